The number of esters is 1. The predicted molar refractivity (Wildman–Crippen MR) is 83.9 cm³/mol. The second kappa shape index (κ2) is 6.58. The van der Waals surface area contributed by atoms with Crippen LogP contribution in [0.4, 0.5) is 5.00 Å². The number of carbonyl (C=O) groups excluding carboxylic acids is 2. The van der Waals surface area contributed by atoms with Crippen LogP contribution in [0.5, 0.6) is 0 Å². The summed E-state index contributed by atoms with van der Waals surface area (Å²) in [4.78, 5) is 25.5. The zero-order valence-corrected chi connectivity index (χ0v) is 13.7. The Morgan fingerprint density at radius 3 is 2.67 bits per heavy atom. The van der Waals surface area contributed by atoms with E-state index in [1.807, 2.05) is 13.8 Å². The lowest BCUT2D eigenvalue weighted by Crippen LogP contribution is -2.28. The van der Waals surface area contributed by atoms with E-state index in [0.29, 0.717) is 29.6 Å². The molecule has 1 saturated heterocycles. The summed E-state index contributed by atoms with van der Waals surface area (Å²) in [5, 5.41) is 6.74. The molecule has 1 aromatic heterocycles. The third-order valence-electron chi connectivity index (χ3n) is 3.96. The van der Waals surface area contributed by atoms with Crippen molar-refractivity contribution in [2.45, 2.75) is 27.7 Å². The third kappa shape index (κ3) is 3.27. The van der Waals surface area contributed by atoms with Crippen molar-refractivity contribution in [1.29, 1.82) is 0 Å². The summed E-state index contributed by atoms with van der Waals surface area (Å²) >= 11 is 1.43. The van der Waals surface area contributed by atoms with Crippen LogP contribution in [-0.2, 0) is 9.53 Å². The maximum atomic E-state index is 12.4. The molecular weight excluding hydrogens is 288 g/mol. The molecule has 2 atom stereocenters. The Bertz CT molecular complexity index is 553. The average molecular weight is 310 g/mol. The van der Waals surface area contributed by atoms with Crippen LogP contribution in [0, 0.1) is 25.7 Å². The molecule has 21 heavy (non-hydrogen) atoms. The highest BCUT2D eigenvalue weighted by Crippen LogP contribution is 2.33. The minimum atomic E-state index is -0.368. The molecule has 2 rings (SSSR count). The Balaban J connectivity index is 2.21. The van der Waals surface area contributed by atoms with Gasteiger partial charge < -0.3 is 15.4 Å². The molecule has 0 saturated carbocycles. The Labute approximate surface area is 129 Å². The molecule has 2 N–H and O–H groups in total. The van der Waals surface area contributed by atoms with Crippen LogP contribution in [0.15, 0.2) is 0 Å². The molecule has 1 amide bonds. The zero-order chi connectivity index (χ0) is 15.6. The minimum absolute atomic E-state index is 0.0284. The quantitative estimate of drug-likeness (QED) is 0.838. The van der Waals surface area contributed by atoms with Crippen molar-refractivity contribution < 1.29 is 14.3 Å². The van der Waals surface area contributed by atoms with E-state index in [1.165, 1.54) is 11.3 Å². The average Bonchev–Trinajstić information content (AvgIpc) is 2.95. The maximum Gasteiger partial charge on any atom is 0.341 e. The normalized spacial score (nSPS) is 21.3. The van der Waals surface area contributed by atoms with E-state index in [1.54, 1.807) is 6.92 Å². The number of amides is 1. The van der Waals surface area contributed by atoms with Crippen molar-refractivity contribution >= 4 is 28.2 Å². The Morgan fingerprint density at radius 1 is 1.38 bits per heavy atom. The van der Waals surface area contributed by atoms with Gasteiger partial charge in [-0.25, -0.2) is 4.79 Å². The van der Waals surface area contributed by atoms with Gasteiger partial charge in [0.25, 0.3) is 0 Å². The van der Waals surface area contributed by atoms with Gasteiger partial charge in [-0.3, -0.25) is 4.79 Å². The van der Waals surface area contributed by atoms with Gasteiger partial charge in [0.1, 0.15) is 5.00 Å². The summed E-state index contributed by atoms with van der Waals surface area (Å²) in [6.07, 6.45) is 0. The molecule has 0 bridgehead atoms. The number of nitrogens with one attached hydrogen (secondary N) is 2. The number of carbonyl (C=O) groups is 2. The molecule has 0 spiro atoms. The van der Waals surface area contributed by atoms with Crippen molar-refractivity contribution in [2.75, 3.05) is 25.0 Å². The molecule has 2 unspecified atom stereocenters. The summed E-state index contributed by atoms with van der Waals surface area (Å²) in [5.41, 5.74) is 1.37. The molecule has 0 aliphatic carbocycles. The lowest BCUT2D eigenvalue weighted by Gasteiger charge is -2.14. The summed E-state index contributed by atoms with van der Waals surface area (Å²) in [6, 6.07) is 0. The molecule has 1 fully saturated rings. The fraction of sp³-hybridized carbons (Fsp3) is 0.600. The van der Waals surface area contributed by atoms with Crippen molar-refractivity contribution in [3.8, 4) is 0 Å². The van der Waals surface area contributed by atoms with Crippen LogP contribution >= 0.6 is 11.3 Å². The SMILES string of the molecule is CCOC(=O)c1c(NC(=O)C2CNCC2C)sc(C)c1C. The Kier molecular flexibility index (Phi) is 5.00. The number of hydrogen-bond donors (Lipinski definition) is 2. The van der Waals surface area contributed by atoms with Crippen LogP contribution in [0.1, 0.15) is 34.6 Å². The highest BCUT2D eigenvalue weighted by molar-refractivity contribution is 7.16. The molecule has 6 heteroatoms. The molecule has 1 aliphatic rings. The van der Waals surface area contributed by atoms with Gasteiger partial charge in [0.05, 0.1) is 18.1 Å². The van der Waals surface area contributed by atoms with Crippen LogP contribution in [0.3, 0.4) is 0 Å². The lowest BCUT2D eigenvalue weighted by atomic mass is 9.97. The van der Waals surface area contributed by atoms with Gasteiger partial charge in [0.2, 0.25) is 5.91 Å². The van der Waals surface area contributed by atoms with E-state index in [2.05, 4.69) is 17.6 Å². The van der Waals surface area contributed by atoms with Crippen LogP contribution in [0.2, 0.25) is 0 Å². The van der Waals surface area contributed by atoms with Gasteiger partial charge in [-0.2, -0.15) is 0 Å². The monoisotopic (exact) mass is 310 g/mol. The topological polar surface area (TPSA) is 67.4 Å². The molecule has 2 heterocycles. The number of hydrogen-bond acceptors (Lipinski definition) is 5. The van der Waals surface area contributed by atoms with Crippen molar-refractivity contribution in [3.63, 3.8) is 0 Å². The van der Waals surface area contributed by atoms with E-state index in [-0.39, 0.29) is 17.8 Å². The van der Waals surface area contributed by atoms with Gasteiger partial charge >= 0.3 is 5.97 Å². The first-order chi connectivity index (χ1) is 9.95. The van der Waals surface area contributed by atoms with E-state index in [4.69, 9.17) is 4.74 Å². The van der Waals surface area contributed by atoms with Gasteiger partial charge in [-0.1, -0.05) is 6.92 Å². The highest BCUT2D eigenvalue weighted by Gasteiger charge is 2.31. The smallest absolute Gasteiger partial charge is 0.341 e. The van der Waals surface area contributed by atoms with Gasteiger partial charge in [0, 0.05) is 11.4 Å². The van der Waals surface area contributed by atoms with Crippen LogP contribution in [-0.4, -0.2) is 31.6 Å². The first kappa shape index (κ1) is 16.0. The van der Waals surface area contributed by atoms with Gasteiger partial charge in [-0.15, -0.1) is 11.3 Å². The fourth-order valence-electron chi connectivity index (χ4n) is 2.53. The van der Waals surface area contributed by atoms with Crippen LogP contribution < -0.4 is 10.6 Å². The van der Waals surface area contributed by atoms with E-state index in [9.17, 15) is 9.59 Å². The van der Waals surface area contributed by atoms with E-state index >= 15 is 0 Å². The summed E-state index contributed by atoms with van der Waals surface area (Å²) in [7, 11) is 0. The van der Waals surface area contributed by atoms with Crippen molar-refractivity contribution in [3.05, 3.63) is 16.0 Å². The van der Waals surface area contributed by atoms with Crippen molar-refractivity contribution in [2.24, 2.45) is 11.8 Å². The maximum absolute atomic E-state index is 12.4. The Hall–Kier alpha value is -1.40. The second-order valence-corrected chi connectivity index (χ2v) is 6.66. The first-order valence-electron chi connectivity index (χ1n) is 7.24. The van der Waals surface area contributed by atoms with Gasteiger partial charge in [-0.05, 0) is 38.8 Å². The molecule has 1 aromatic rings. The summed E-state index contributed by atoms with van der Waals surface area (Å²) in [6.45, 7) is 9.52. The molecule has 0 radical (unpaired) electrons. The first-order valence-corrected chi connectivity index (χ1v) is 8.06. The molecular formula is C15H22N2O3S. The number of thiophene rings is 1. The minimum Gasteiger partial charge on any atom is -0.462 e. The third-order valence-corrected chi connectivity index (χ3v) is 5.08. The Morgan fingerprint density at radius 2 is 2.10 bits per heavy atom. The molecule has 0 aromatic carbocycles. The highest BCUT2D eigenvalue weighted by atomic mass is 32.1. The van der Waals surface area contributed by atoms with E-state index < -0.39 is 0 Å². The summed E-state index contributed by atoms with van der Waals surface area (Å²) < 4.78 is 5.10. The number of rotatable bonds is 4. The molecule has 5 nitrogen and oxygen atoms in total. The molecule has 116 valence electrons. The zero-order valence-electron chi connectivity index (χ0n) is 12.9. The summed E-state index contributed by atoms with van der Waals surface area (Å²) in [5.74, 6) is -0.146. The number of anilines is 1. The molecule has 1 aliphatic heterocycles. The van der Waals surface area contributed by atoms with Crippen LogP contribution in [0.25, 0.3) is 0 Å². The second-order valence-electron chi connectivity index (χ2n) is 5.44. The standard InChI is InChI=1S/C15H22N2O3S/c1-5-20-15(19)12-9(3)10(4)21-14(12)17-13(18)11-7-16-6-8(11)2/h8,11,16H,5-7H2,1-4H3,(H,17,18). The lowest BCUT2D eigenvalue weighted by molar-refractivity contribution is -0.120. The van der Waals surface area contributed by atoms with E-state index in [0.717, 1.165) is 17.0 Å². The van der Waals surface area contributed by atoms with Crippen molar-refractivity contribution in [1.82, 2.24) is 5.32 Å². The largest absolute Gasteiger partial charge is 0.462 e. The van der Waals surface area contributed by atoms with Gasteiger partial charge in [0.15, 0.2) is 0 Å². The fourth-order valence-corrected chi connectivity index (χ4v) is 3.58. The predicted octanol–water partition coefficient (Wildman–Crippen LogP) is 2.34. The number of aryl methyl sites for hydroxylation is 1. The number of ether oxygens (including phenoxy) is 1.